The zero-order valence-corrected chi connectivity index (χ0v) is 18.4. The van der Waals surface area contributed by atoms with Crippen LogP contribution in [-0.4, -0.2) is 37.7 Å². The highest BCUT2D eigenvalue weighted by Gasteiger charge is 2.09. The van der Waals surface area contributed by atoms with Crippen LogP contribution in [0, 0.1) is 0 Å². The number of amides is 1. The summed E-state index contributed by atoms with van der Waals surface area (Å²) in [5.74, 6) is 0.626. The first kappa shape index (κ1) is 23.4. The summed E-state index contributed by atoms with van der Waals surface area (Å²) < 4.78 is 15.8. The molecule has 0 aliphatic heterocycles. The molecule has 0 fully saturated rings. The summed E-state index contributed by atoms with van der Waals surface area (Å²) >= 11 is 1.25. The summed E-state index contributed by atoms with van der Waals surface area (Å²) in [6.45, 7) is 2.83. The third-order valence-corrected chi connectivity index (χ3v) is 5.01. The van der Waals surface area contributed by atoms with E-state index in [1.165, 1.54) is 37.4 Å². The predicted octanol–water partition coefficient (Wildman–Crippen LogP) is 4.48. The number of ether oxygens (including phenoxy) is 3. The van der Waals surface area contributed by atoms with Crippen molar-refractivity contribution < 1.29 is 23.8 Å². The van der Waals surface area contributed by atoms with E-state index in [2.05, 4.69) is 22.0 Å². The molecule has 1 heterocycles. The van der Waals surface area contributed by atoms with Crippen LogP contribution in [0.25, 0.3) is 6.08 Å². The van der Waals surface area contributed by atoms with Gasteiger partial charge < -0.3 is 14.2 Å². The summed E-state index contributed by atoms with van der Waals surface area (Å²) in [5.41, 5.74) is 1.37. The Balaban J connectivity index is 1.90. The number of rotatable bonds is 12. The number of carbonyl (C=O) groups excluding carboxylic acids is 2. The molecule has 8 heteroatoms. The van der Waals surface area contributed by atoms with Gasteiger partial charge in [-0.3, -0.25) is 14.9 Å². The molecule has 0 atom stereocenters. The molecule has 1 aromatic carbocycles. The van der Waals surface area contributed by atoms with Crippen LogP contribution < -0.4 is 14.8 Å². The topological polar surface area (TPSA) is 86.8 Å². The lowest BCUT2D eigenvalue weighted by Crippen LogP contribution is -2.08. The highest BCUT2D eigenvalue weighted by Crippen LogP contribution is 2.29. The summed E-state index contributed by atoms with van der Waals surface area (Å²) in [6.07, 6.45) is 7.74. The smallest absolute Gasteiger partial charge is 0.311 e. The van der Waals surface area contributed by atoms with Gasteiger partial charge in [-0.15, -0.1) is 11.3 Å². The summed E-state index contributed by atoms with van der Waals surface area (Å²) in [6, 6.07) is 5.53. The van der Waals surface area contributed by atoms with Crippen molar-refractivity contribution in [2.45, 2.75) is 39.0 Å². The predicted molar refractivity (Wildman–Crippen MR) is 118 cm³/mol. The van der Waals surface area contributed by atoms with Crippen molar-refractivity contribution in [2.75, 3.05) is 26.1 Å². The molecule has 0 radical (unpaired) electrons. The SMILES string of the molecule is CCCCCCOc1ccc(/C=C/C(=O)Nc2nc(CC(=O)OC)cs2)cc1OC. The molecule has 0 aliphatic rings. The van der Waals surface area contributed by atoms with Gasteiger partial charge in [0.05, 0.1) is 32.9 Å². The Labute approximate surface area is 181 Å². The number of hydrogen-bond donors (Lipinski definition) is 1. The van der Waals surface area contributed by atoms with Gasteiger partial charge in [-0.1, -0.05) is 32.3 Å². The van der Waals surface area contributed by atoms with Crippen LogP contribution >= 0.6 is 11.3 Å². The minimum absolute atomic E-state index is 0.0749. The molecule has 1 aromatic heterocycles. The third-order valence-electron chi connectivity index (χ3n) is 4.21. The third kappa shape index (κ3) is 7.87. The molecule has 0 aliphatic carbocycles. The molecular weight excluding hydrogens is 404 g/mol. The lowest BCUT2D eigenvalue weighted by atomic mass is 10.2. The standard InChI is InChI=1S/C22H28N2O5S/c1-4-5-6-7-12-29-18-10-8-16(13-19(18)27-2)9-11-20(25)24-22-23-17(15-30-22)14-21(26)28-3/h8-11,13,15H,4-7,12,14H2,1-3H3,(H,23,24,25)/b11-9+. The van der Waals surface area contributed by atoms with Crippen molar-refractivity contribution >= 4 is 34.4 Å². The van der Waals surface area contributed by atoms with E-state index >= 15 is 0 Å². The Morgan fingerprint density at radius 1 is 1.17 bits per heavy atom. The highest BCUT2D eigenvalue weighted by molar-refractivity contribution is 7.14. The Bertz CT molecular complexity index is 863. The van der Waals surface area contributed by atoms with Crippen molar-refractivity contribution in [3.05, 3.63) is 40.9 Å². The first-order chi connectivity index (χ1) is 14.5. The zero-order chi connectivity index (χ0) is 21.8. The van der Waals surface area contributed by atoms with E-state index in [0.29, 0.717) is 28.9 Å². The minimum Gasteiger partial charge on any atom is -0.493 e. The number of thiazole rings is 1. The van der Waals surface area contributed by atoms with Crippen molar-refractivity contribution in [3.63, 3.8) is 0 Å². The van der Waals surface area contributed by atoms with Crippen LogP contribution in [0.3, 0.4) is 0 Å². The van der Waals surface area contributed by atoms with Crippen molar-refractivity contribution in [1.82, 2.24) is 4.98 Å². The van der Waals surface area contributed by atoms with Gasteiger partial charge in [0.15, 0.2) is 16.6 Å². The molecule has 0 bridgehead atoms. The highest BCUT2D eigenvalue weighted by atomic mass is 32.1. The van der Waals surface area contributed by atoms with Crippen LogP contribution in [0.1, 0.15) is 43.9 Å². The minimum atomic E-state index is -0.375. The molecule has 0 saturated carbocycles. The van der Waals surface area contributed by atoms with Gasteiger partial charge >= 0.3 is 5.97 Å². The summed E-state index contributed by atoms with van der Waals surface area (Å²) in [7, 11) is 2.91. The van der Waals surface area contributed by atoms with E-state index in [4.69, 9.17) is 9.47 Å². The first-order valence-electron chi connectivity index (χ1n) is 9.86. The van der Waals surface area contributed by atoms with Gasteiger partial charge in [0.25, 0.3) is 0 Å². The van der Waals surface area contributed by atoms with E-state index in [0.717, 1.165) is 18.4 Å². The van der Waals surface area contributed by atoms with Gasteiger partial charge in [0, 0.05) is 11.5 Å². The molecule has 162 valence electrons. The normalized spacial score (nSPS) is 10.8. The molecule has 1 N–H and O–H groups in total. The van der Waals surface area contributed by atoms with E-state index in [9.17, 15) is 9.59 Å². The molecule has 0 unspecified atom stereocenters. The second kappa shape index (κ2) is 12.6. The average Bonchev–Trinajstić information content (AvgIpc) is 3.18. The number of esters is 1. The van der Waals surface area contributed by atoms with Crippen LogP contribution in [0.2, 0.25) is 0 Å². The molecule has 7 nitrogen and oxygen atoms in total. The van der Waals surface area contributed by atoms with Crippen molar-refractivity contribution in [3.8, 4) is 11.5 Å². The number of unbranched alkanes of at least 4 members (excludes halogenated alkanes) is 3. The number of nitrogens with one attached hydrogen (secondary N) is 1. The molecule has 2 aromatic rings. The number of nitrogens with zero attached hydrogens (tertiary/aromatic N) is 1. The second-order valence-corrected chi connectivity index (χ2v) is 7.40. The Hall–Kier alpha value is -2.87. The fourth-order valence-corrected chi connectivity index (χ4v) is 3.32. The zero-order valence-electron chi connectivity index (χ0n) is 17.6. The van der Waals surface area contributed by atoms with E-state index in [-0.39, 0.29) is 18.3 Å². The molecule has 30 heavy (non-hydrogen) atoms. The fraction of sp³-hybridized carbons (Fsp3) is 0.409. The Morgan fingerprint density at radius 2 is 2.00 bits per heavy atom. The van der Waals surface area contributed by atoms with Gasteiger partial charge in [0.1, 0.15) is 0 Å². The van der Waals surface area contributed by atoms with Crippen LogP contribution in [0.4, 0.5) is 5.13 Å². The molecule has 0 saturated heterocycles. The number of aromatic nitrogens is 1. The molecule has 1 amide bonds. The molecule has 0 spiro atoms. The van der Waals surface area contributed by atoms with Crippen LogP contribution in [0.5, 0.6) is 11.5 Å². The first-order valence-corrected chi connectivity index (χ1v) is 10.7. The molecular formula is C22H28N2O5S. The van der Waals surface area contributed by atoms with Crippen molar-refractivity contribution in [1.29, 1.82) is 0 Å². The lowest BCUT2D eigenvalue weighted by Gasteiger charge is -2.11. The van der Waals surface area contributed by atoms with Gasteiger partial charge in [-0.25, -0.2) is 4.98 Å². The Kier molecular flexibility index (Phi) is 9.86. The van der Waals surface area contributed by atoms with Gasteiger partial charge in [-0.2, -0.15) is 0 Å². The van der Waals surface area contributed by atoms with Crippen LogP contribution in [-0.2, 0) is 20.7 Å². The maximum Gasteiger partial charge on any atom is 0.311 e. The van der Waals surface area contributed by atoms with Gasteiger partial charge in [-0.05, 0) is 30.2 Å². The monoisotopic (exact) mass is 432 g/mol. The largest absolute Gasteiger partial charge is 0.493 e. The Morgan fingerprint density at radius 3 is 2.73 bits per heavy atom. The van der Waals surface area contributed by atoms with E-state index in [1.807, 2.05) is 18.2 Å². The van der Waals surface area contributed by atoms with Crippen LogP contribution in [0.15, 0.2) is 29.7 Å². The maximum atomic E-state index is 12.1. The summed E-state index contributed by atoms with van der Waals surface area (Å²) in [5, 5.41) is 4.82. The fourth-order valence-electron chi connectivity index (χ4n) is 2.60. The molecule has 2 rings (SSSR count). The summed E-state index contributed by atoms with van der Waals surface area (Å²) in [4.78, 5) is 27.6. The number of carbonyl (C=O) groups is 2. The number of hydrogen-bond acceptors (Lipinski definition) is 7. The van der Waals surface area contributed by atoms with E-state index < -0.39 is 0 Å². The van der Waals surface area contributed by atoms with E-state index in [1.54, 1.807) is 18.6 Å². The lowest BCUT2D eigenvalue weighted by molar-refractivity contribution is -0.139. The number of methoxy groups -OCH3 is 2. The average molecular weight is 433 g/mol. The number of anilines is 1. The van der Waals surface area contributed by atoms with Gasteiger partial charge in [0.2, 0.25) is 5.91 Å². The van der Waals surface area contributed by atoms with Crippen molar-refractivity contribution in [2.24, 2.45) is 0 Å². The quantitative estimate of drug-likeness (QED) is 0.302. The number of benzene rings is 1. The maximum absolute atomic E-state index is 12.1. The second-order valence-electron chi connectivity index (χ2n) is 6.54.